The van der Waals surface area contributed by atoms with Gasteiger partial charge in [-0.2, -0.15) is 0 Å². The second kappa shape index (κ2) is 9.18. The molecule has 0 aliphatic carbocycles. The topological polar surface area (TPSA) is 24.1 Å². The number of thiocarbonyl (C=S) groups is 1. The predicted molar refractivity (Wildman–Crippen MR) is 105 cm³/mol. The molecule has 22 heavy (non-hydrogen) atoms. The fourth-order valence-electron chi connectivity index (χ4n) is 1.98. The van der Waals surface area contributed by atoms with Crippen molar-refractivity contribution in [2.24, 2.45) is 0 Å². The number of para-hydroxylation sites is 1. The predicted octanol–water partition coefficient (Wildman–Crippen LogP) is 5.09. The van der Waals surface area contributed by atoms with E-state index in [9.17, 15) is 0 Å². The summed E-state index contributed by atoms with van der Waals surface area (Å²) in [7, 11) is 0. The SMILES string of the molecule is CCc1ccccc1NC(=S)NCCSc1ccc(Br)cc1. The first-order chi connectivity index (χ1) is 10.7. The van der Waals surface area contributed by atoms with Gasteiger partial charge in [-0.3, -0.25) is 0 Å². The third-order valence-electron chi connectivity index (χ3n) is 3.12. The summed E-state index contributed by atoms with van der Waals surface area (Å²) in [6.07, 6.45) is 0.991. The van der Waals surface area contributed by atoms with Gasteiger partial charge in [0.2, 0.25) is 0 Å². The van der Waals surface area contributed by atoms with E-state index in [1.54, 1.807) is 0 Å². The molecule has 0 amide bonds. The van der Waals surface area contributed by atoms with E-state index >= 15 is 0 Å². The molecule has 0 heterocycles. The van der Waals surface area contributed by atoms with Gasteiger partial charge in [0, 0.05) is 27.4 Å². The molecule has 2 rings (SSSR count). The lowest BCUT2D eigenvalue weighted by atomic mass is 10.1. The first-order valence-electron chi connectivity index (χ1n) is 7.20. The number of thioether (sulfide) groups is 1. The number of halogens is 1. The molecule has 2 nitrogen and oxygen atoms in total. The summed E-state index contributed by atoms with van der Waals surface area (Å²) in [5, 5.41) is 7.20. The van der Waals surface area contributed by atoms with Crippen LogP contribution >= 0.6 is 39.9 Å². The first-order valence-corrected chi connectivity index (χ1v) is 9.39. The van der Waals surface area contributed by atoms with Crippen molar-refractivity contribution in [3.8, 4) is 0 Å². The number of hydrogen-bond donors (Lipinski definition) is 2. The maximum Gasteiger partial charge on any atom is 0.170 e. The summed E-state index contributed by atoms with van der Waals surface area (Å²) in [6, 6.07) is 16.6. The fourth-order valence-corrected chi connectivity index (χ4v) is 3.23. The van der Waals surface area contributed by atoms with E-state index in [0.717, 1.165) is 28.9 Å². The molecule has 0 atom stereocenters. The summed E-state index contributed by atoms with van der Waals surface area (Å²) in [4.78, 5) is 1.26. The number of aryl methyl sites for hydroxylation is 1. The smallest absolute Gasteiger partial charge is 0.170 e. The Labute approximate surface area is 150 Å². The van der Waals surface area contributed by atoms with Gasteiger partial charge in [-0.05, 0) is 54.5 Å². The van der Waals surface area contributed by atoms with Gasteiger partial charge >= 0.3 is 0 Å². The quantitative estimate of drug-likeness (QED) is 0.404. The highest BCUT2D eigenvalue weighted by atomic mass is 79.9. The number of nitrogens with one attached hydrogen (secondary N) is 2. The van der Waals surface area contributed by atoms with E-state index in [1.165, 1.54) is 10.5 Å². The van der Waals surface area contributed by atoms with Crippen molar-refractivity contribution in [3.63, 3.8) is 0 Å². The van der Waals surface area contributed by atoms with Crippen molar-refractivity contribution < 1.29 is 0 Å². The molecule has 0 aliphatic heterocycles. The Bertz CT molecular complexity index is 614. The van der Waals surface area contributed by atoms with Crippen LogP contribution in [0.4, 0.5) is 5.69 Å². The molecule has 2 N–H and O–H groups in total. The largest absolute Gasteiger partial charge is 0.362 e. The summed E-state index contributed by atoms with van der Waals surface area (Å²) >= 11 is 10.6. The molecule has 116 valence electrons. The average molecular weight is 395 g/mol. The Kier molecular flexibility index (Phi) is 7.22. The van der Waals surface area contributed by atoms with Crippen molar-refractivity contribution in [1.29, 1.82) is 0 Å². The molecule has 0 bridgehead atoms. The van der Waals surface area contributed by atoms with Gasteiger partial charge in [-0.1, -0.05) is 41.1 Å². The van der Waals surface area contributed by atoms with Crippen LogP contribution in [0.2, 0.25) is 0 Å². The van der Waals surface area contributed by atoms with Crippen molar-refractivity contribution in [2.45, 2.75) is 18.2 Å². The van der Waals surface area contributed by atoms with Crippen molar-refractivity contribution >= 4 is 50.7 Å². The maximum atomic E-state index is 5.35. The normalized spacial score (nSPS) is 10.3. The zero-order chi connectivity index (χ0) is 15.8. The van der Waals surface area contributed by atoms with Crippen LogP contribution in [0.15, 0.2) is 57.9 Å². The van der Waals surface area contributed by atoms with Crippen LogP contribution in [0.25, 0.3) is 0 Å². The van der Waals surface area contributed by atoms with Gasteiger partial charge in [0.25, 0.3) is 0 Å². The Morgan fingerprint density at radius 1 is 1.14 bits per heavy atom. The van der Waals surface area contributed by atoms with Crippen LogP contribution < -0.4 is 10.6 Å². The third kappa shape index (κ3) is 5.63. The minimum atomic E-state index is 0.678. The molecule has 5 heteroatoms. The lowest BCUT2D eigenvalue weighted by Gasteiger charge is -2.13. The Morgan fingerprint density at radius 2 is 1.86 bits per heavy atom. The second-order valence-electron chi connectivity index (χ2n) is 4.69. The van der Waals surface area contributed by atoms with E-state index in [1.807, 2.05) is 17.8 Å². The van der Waals surface area contributed by atoms with Crippen LogP contribution in [0.3, 0.4) is 0 Å². The van der Waals surface area contributed by atoms with Crippen LogP contribution in [-0.4, -0.2) is 17.4 Å². The first kappa shape index (κ1) is 17.3. The summed E-state index contributed by atoms with van der Waals surface area (Å²) in [5.74, 6) is 0.971. The lowest BCUT2D eigenvalue weighted by molar-refractivity contribution is 0.989. The molecule has 0 fully saturated rings. The maximum absolute atomic E-state index is 5.35. The molecule has 0 saturated heterocycles. The molecule has 0 aliphatic rings. The van der Waals surface area contributed by atoms with Crippen molar-refractivity contribution in [3.05, 3.63) is 58.6 Å². The van der Waals surface area contributed by atoms with Gasteiger partial charge in [-0.15, -0.1) is 11.8 Å². The van der Waals surface area contributed by atoms with E-state index in [0.29, 0.717) is 5.11 Å². The van der Waals surface area contributed by atoms with Gasteiger partial charge in [0.15, 0.2) is 5.11 Å². The summed E-state index contributed by atoms with van der Waals surface area (Å²) in [6.45, 7) is 2.98. The molecule has 0 aromatic heterocycles. The van der Waals surface area contributed by atoms with Gasteiger partial charge in [-0.25, -0.2) is 0 Å². The van der Waals surface area contributed by atoms with E-state index in [2.05, 4.69) is 76.0 Å². The van der Waals surface area contributed by atoms with Crippen LogP contribution in [-0.2, 0) is 6.42 Å². The molecule has 0 radical (unpaired) electrons. The molecular formula is C17H19BrN2S2. The minimum Gasteiger partial charge on any atom is -0.362 e. The highest BCUT2D eigenvalue weighted by Gasteiger charge is 2.02. The Morgan fingerprint density at radius 3 is 2.59 bits per heavy atom. The molecule has 0 saturated carbocycles. The highest BCUT2D eigenvalue weighted by Crippen LogP contribution is 2.20. The van der Waals surface area contributed by atoms with Gasteiger partial charge in [0.05, 0.1) is 0 Å². The van der Waals surface area contributed by atoms with Crippen molar-refractivity contribution in [2.75, 3.05) is 17.6 Å². The number of hydrogen-bond acceptors (Lipinski definition) is 2. The number of rotatable bonds is 6. The highest BCUT2D eigenvalue weighted by molar-refractivity contribution is 9.10. The molecule has 2 aromatic rings. The zero-order valence-electron chi connectivity index (χ0n) is 12.4. The number of benzene rings is 2. The monoisotopic (exact) mass is 394 g/mol. The van der Waals surface area contributed by atoms with Gasteiger partial charge < -0.3 is 10.6 Å². The van der Waals surface area contributed by atoms with Crippen molar-refractivity contribution in [1.82, 2.24) is 5.32 Å². The van der Waals surface area contributed by atoms with E-state index in [-0.39, 0.29) is 0 Å². The molecule has 0 unspecified atom stereocenters. The van der Waals surface area contributed by atoms with E-state index in [4.69, 9.17) is 12.2 Å². The Hall–Kier alpha value is -1.04. The van der Waals surface area contributed by atoms with Crippen LogP contribution in [0.5, 0.6) is 0 Å². The summed E-state index contributed by atoms with van der Waals surface area (Å²) < 4.78 is 1.11. The fraction of sp³-hybridized carbons (Fsp3) is 0.235. The minimum absolute atomic E-state index is 0.678. The number of anilines is 1. The third-order valence-corrected chi connectivity index (χ3v) is 4.91. The Balaban J connectivity index is 1.72. The second-order valence-corrected chi connectivity index (χ2v) is 7.19. The van der Waals surface area contributed by atoms with Gasteiger partial charge in [0.1, 0.15) is 0 Å². The van der Waals surface area contributed by atoms with Crippen LogP contribution in [0, 0.1) is 0 Å². The van der Waals surface area contributed by atoms with E-state index < -0.39 is 0 Å². The lowest BCUT2D eigenvalue weighted by Crippen LogP contribution is -2.30. The summed E-state index contributed by atoms with van der Waals surface area (Å²) in [5.41, 5.74) is 2.36. The standard InChI is InChI=1S/C17H19BrN2S2/c1-2-13-5-3-4-6-16(13)20-17(21)19-11-12-22-15-9-7-14(18)8-10-15/h3-10H,2,11-12H2,1H3,(H2,19,20,21). The zero-order valence-corrected chi connectivity index (χ0v) is 15.7. The average Bonchev–Trinajstić information content (AvgIpc) is 2.54. The molecule has 0 spiro atoms. The molecular weight excluding hydrogens is 376 g/mol. The molecule has 2 aromatic carbocycles. The van der Waals surface area contributed by atoms with Crippen LogP contribution in [0.1, 0.15) is 12.5 Å².